The van der Waals surface area contributed by atoms with Crippen molar-refractivity contribution in [2.75, 3.05) is 5.75 Å². The number of thioether (sulfide) groups is 1. The Hall–Kier alpha value is -1.60. The highest BCUT2D eigenvalue weighted by Crippen LogP contribution is 2.44. The minimum Gasteiger partial charge on any atom is -0.352 e. The van der Waals surface area contributed by atoms with Crippen LogP contribution in [0.5, 0.6) is 0 Å². The Balaban J connectivity index is 1.53. The molecule has 0 aromatic carbocycles. The van der Waals surface area contributed by atoms with Crippen LogP contribution < -0.4 is 10.9 Å². The van der Waals surface area contributed by atoms with Crippen molar-refractivity contribution in [3.05, 3.63) is 33.4 Å². The molecule has 0 aliphatic heterocycles. The molecule has 2 heterocycles. The van der Waals surface area contributed by atoms with Gasteiger partial charge in [0.15, 0.2) is 5.16 Å². The van der Waals surface area contributed by atoms with Crippen LogP contribution in [0.25, 0.3) is 10.2 Å². The maximum absolute atomic E-state index is 13.0. The quantitative estimate of drug-likeness (QED) is 0.415. The minimum absolute atomic E-state index is 0.0431. The first-order valence-electron chi connectivity index (χ1n) is 9.53. The molecule has 0 saturated heterocycles. The van der Waals surface area contributed by atoms with Crippen molar-refractivity contribution in [3.63, 3.8) is 0 Å². The second kappa shape index (κ2) is 7.43. The summed E-state index contributed by atoms with van der Waals surface area (Å²) in [5.74, 6) is 1.68. The lowest BCUT2D eigenvalue weighted by Crippen LogP contribution is -2.39. The topological polar surface area (TPSA) is 64.0 Å². The number of nitrogens with one attached hydrogen (secondary N) is 1. The van der Waals surface area contributed by atoms with E-state index in [1.807, 2.05) is 13.8 Å². The van der Waals surface area contributed by atoms with Crippen molar-refractivity contribution < 1.29 is 4.79 Å². The van der Waals surface area contributed by atoms with Crippen molar-refractivity contribution in [1.82, 2.24) is 14.9 Å². The molecule has 5 nitrogen and oxygen atoms in total. The van der Waals surface area contributed by atoms with Crippen LogP contribution in [0.15, 0.2) is 22.6 Å². The molecule has 1 amide bonds. The monoisotopic (exact) mass is 403 g/mol. The molecule has 0 radical (unpaired) electrons. The molecular weight excluding hydrogens is 378 g/mol. The van der Waals surface area contributed by atoms with Gasteiger partial charge in [-0.1, -0.05) is 17.8 Å². The van der Waals surface area contributed by atoms with Gasteiger partial charge in [0.05, 0.1) is 11.1 Å². The summed E-state index contributed by atoms with van der Waals surface area (Å²) in [6.07, 6.45) is 6.65. The molecule has 1 N–H and O–H groups in total. The molecule has 2 aromatic rings. The van der Waals surface area contributed by atoms with Gasteiger partial charge < -0.3 is 5.32 Å². The smallest absolute Gasteiger partial charge is 0.263 e. The molecule has 4 rings (SSSR count). The number of aryl methyl sites for hydroxylation is 2. The molecule has 2 fully saturated rings. The van der Waals surface area contributed by atoms with Gasteiger partial charge in [0.1, 0.15) is 4.83 Å². The van der Waals surface area contributed by atoms with Gasteiger partial charge in [-0.2, -0.15) is 0 Å². The highest BCUT2D eigenvalue weighted by atomic mass is 32.2. The van der Waals surface area contributed by atoms with Crippen LogP contribution in [0.1, 0.15) is 36.1 Å². The number of nitrogens with zero attached hydrogens (tertiary/aromatic N) is 2. The van der Waals surface area contributed by atoms with Crippen molar-refractivity contribution in [2.24, 2.45) is 11.8 Å². The van der Waals surface area contributed by atoms with Crippen molar-refractivity contribution >= 4 is 39.2 Å². The maximum Gasteiger partial charge on any atom is 0.263 e. The second-order valence-electron chi connectivity index (χ2n) is 7.62. The highest BCUT2D eigenvalue weighted by Gasteiger charge is 2.42. The lowest BCUT2D eigenvalue weighted by molar-refractivity contribution is -0.119. The number of aromatic nitrogens is 2. The number of carbonyl (C=O) groups excluding carboxylic acids is 1. The van der Waals surface area contributed by atoms with Crippen LogP contribution in [0.3, 0.4) is 0 Å². The number of fused-ring (bicyclic) bond motifs is 1. The number of hydrogen-bond donors (Lipinski definition) is 1. The standard InChI is InChI=1S/C20H25N3O2S2/c1-4-9-23-19(25)16-11(2)12(3)27-18(16)22-20(23)26-10-15(24)21-17(13-5-6-13)14-7-8-14/h4,13-14,17H,1,5-10H2,2-3H3,(H,21,24). The van der Waals surface area contributed by atoms with Crippen LogP contribution in [-0.2, 0) is 11.3 Å². The third-order valence-electron chi connectivity index (χ3n) is 5.49. The Bertz CT molecular complexity index is 942. The molecule has 0 atom stereocenters. The van der Waals surface area contributed by atoms with Gasteiger partial charge in [-0.15, -0.1) is 17.9 Å². The Kier molecular flexibility index (Phi) is 5.16. The SMILES string of the molecule is C=CCn1c(SCC(=O)NC(C2CC2)C2CC2)nc2sc(C)c(C)c2c1=O. The van der Waals surface area contributed by atoms with Crippen molar-refractivity contribution in [2.45, 2.75) is 57.3 Å². The number of amides is 1. The lowest BCUT2D eigenvalue weighted by Gasteiger charge is -2.17. The van der Waals surface area contributed by atoms with E-state index >= 15 is 0 Å². The highest BCUT2D eigenvalue weighted by molar-refractivity contribution is 7.99. The summed E-state index contributed by atoms with van der Waals surface area (Å²) < 4.78 is 1.63. The molecular formula is C20H25N3O2S2. The summed E-state index contributed by atoms with van der Waals surface area (Å²) in [5.41, 5.74) is 0.954. The number of carbonyl (C=O) groups is 1. The van der Waals surface area contributed by atoms with E-state index in [1.54, 1.807) is 10.6 Å². The summed E-state index contributed by atoms with van der Waals surface area (Å²) in [5, 5.41) is 4.52. The lowest BCUT2D eigenvalue weighted by atomic mass is 10.1. The van der Waals surface area contributed by atoms with E-state index in [2.05, 4.69) is 11.9 Å². The summed E-state index contributed by atoms with van der Waals surface area (Å²) in [6.45, 7) is 8.13. The third kappa shape index (κ3) is 3.85. The average molecular weight is 404 g/mol. The molecule has 2 saturated carbocycles. The van der Waals surface area contributed by atoms with Gasteiger partial charge in [0, 0.05) is 17.5 Å². The zero-order valence-corrected chi connectivity index (χ0v) is 17.4. The molecule has 0 unspecified atom stereocenters. The van der Waals surface area contributed by atoms with E-state index < -0.39 is 0 Å². The first-order valence-corrected chi connectivity index (χ1v) is 11.3. The summed E-state index contributed by atoms with van der Waals surface area (Å²) in [7, 11) is 0. The van der Waals surface area contributed by atoms with Gasteiger partial charge in [-0.05, 0) is 56.9 Å². The van der Waals surface area contributed by atoms with Gasteiger partial charge in [0.2, 0.25) is 5.91 Å². The molecule has 144 valence electrons. The minimum atomic E-state index is -0.0431. The first kappa shape index (κ1) is 18.7. The normalized spacial score (nSPS) is 16.9. The summed E-state index contributed by atoms with van der Waals surface area (Å²) >= 11 is 2.88. The van der Waals surface area contributed by atoms with Gasteiger partial charge in [0.25, 0.3) is 5.56 Å². The Labute approximate surface area is 167 Å². The number of hydrogen-bond acceptors (Lipinski definition) is 5. The molecule has 0 bridgehead atoms. The van der Waals surface area contributed by atoms with Gasteiger partial charge >= 0.3 is 0 Å². The molecule has 7 heteroatoms. The fourth-order valence-electron chi connectivity index (χ4n) is 3.60. The number of allylic oxidation sites excluding steroid dienone is 1. The van der Waals surface area contributed by atoms with Gasteiger partial charge in [-0.3, -0.25) is 14.2 Å². The van der Waals surface area contributed by atoms with Crippen LogP contribution in [0.2, 0.25) is 0 Å². The number of thiophene rings is 1. The first-order chi connectivity index (χ1) is 13.0. The largest absolute Gasteiger partial charge is 0.352 e. The molecule has 2 aromatic heterocycles. The van der Waals surface area contributed by atoms with Crippen molar-refractivity contribution in [3.8, 4) is 0 Å². The average Bonchev–Trinajstić information content (AvgIpc) is 3.54. The van der Waals surface area contributed by atoms with Crippen LogP contribution in [-0.4, -0.2) is 27.3 Å². The van der Waals surface area contributed by atoms with E-state index in [9.17, 15) is 9.59 Å². The van der Waals surface area contributed by atoms with E-state index in [0.29, 0.717) is 35.0 Å². The zero-order valence-electron chi connectivity index (χ0n) is 15.8. The van der Waals surface area contributed by atoms with E-state index in [1.165, 1.54) is 48.8 Å². The zero-order chi connectivity index (χ0) is 19.1. The Morgan fingerprint density at radius 1 is 1.37 bits per heavy atom. The predicted molar refractivity (Wildman–Crippen MR) is 112 cm³/mol. The fraction of sp³-hybridized carbons (Fsp3) is 0.550. The Morgan fingerprint density at radius 3 is 2.63 bits per heavy atom. The van der Waals surface area contributed by atoms with E-state index in [-0.39, 0.29) is 17.2 Å². The molecule has 27 heavy (non-hydrogen) atoms. The van der Waals surface area contributed by atoms with Crippen LogP contribution in [0.4, 0.5) is 0 Å². The fourth-order valence-corrected chi connectivity index (χ4v) is 5.49. The second-order valence-corrected chi connectivity index (χ2v) is 9.76. The third-order valence-corrected chi connectivity index (χ3v) is 7.56. The van der Waals surface area contributed by atoms with E-state index in [4.69, 9.17) is 4.98 Å². The summed E-state index contributed by atoms with van der Waals surface area (Å²) in [4.78, 5) is 32.0. The van der Waals surface area contributed by atoms with Crippen LogP contribution >= 0.6 is 23.1 Å². The maximum atomic E-state index is 13.0. The van der Waals surface area contributed by atoms with Crippen LogP contribution in [0, 0.1) is 25.7 Å². The number of rotatable bonds is 8. The Morgan fingerprint density at radius 2 is 2.04 bits per heavy atom. The van der Waals surface area contributed by atoms with E-state index in [0.717, 1.165) is 15.3 Å². The molecule has 0 spiro atoms. The van der Waals surface area contributed by atoms with Crippen molar-refractivity contribution in [1.29, 1.82) is 0 Å². The molecule has 2 aliphatic carbocycles. The molecule has 2 aliphatic rings. The predicted octanol–water partition coefficient (Wildman–Crippen LogP) is 3.66. The van der Waals surface area contributed by atoms with Gasteiger partial charge in [-0.25, -0.2) is 4.98 Å². The summed E-state index contributed by atoms with van der Waals surface area (Å²) in [6, 6.07) is 0.353.